The van der Waals surface area contributed by atoms with E-state index < -0.39 is 17.8 Å². The van der Waals surface area contributed by atoms with Gasteiger partial charge in [0, 0.05) is 4.88 Å². The predicted molar refractivity (Wildman–Crippen MR) is 139 cm³/mol. The molecule has 4 rings (SSSR count). The second-order valence-corrected chi connectivity index (χ2v) is 9.47. The van der Waals surface area contributed by atoms with Crippen LogP contribution in [0.15, 0.2) is 47.6 Å². The lowest BCUT2D eigenvalue weighted by molar-refractivity contribution is -0.136. The summed E-state index contributed by atoms with van der Waals surface area (Å²) in [5.74, 6) is -2.13. The number of aryl methyl sites for hydroxylation is 1. The first-order valence-corrected chi connectivity index (χ1v) is 12.4. The van der Waals surface area contributed by atoms with Gasteiger partial charge >= 0.3 is 17.8 Å². The molecule has 1 aromatic heterocycles. The largest absolute Gasteiger partial charge is 0.493 e. The van der Waals surface area contributed by atoms with E-state index in [2.05, 4.69) is 21.9 Å². The van der Waals surface area contributed by atoms with Crippen molar-refractivity contribution < 1.29 is 23.9 Å². The number of nitriles is 1. The van der Waals surface area contributed by atoms with Gasteiger partial charge in [0.2, 0.25) is 0 Å². The standard InChI is InChI=1S/C26H21ClN4O5S/c1-35-21-12-15(10-11-20(21)36-26(34)17-7-2-4-8-19(17)27)14-29-31-24(33)23(32)30-25-18(13-28)16-6-3-5-9-22(16)37-25/h2,4,7-8,10-12,14H,3,5-6,9H2,1H3,(H,30,32)(H,31,33)/b29-14+. The van der Waals surface area contributed by atoms with Gasteiger partial charge in [0.05, 0.1) is 29.5 Å². The molecule has 188 valence electrons. The highest BCUT2D eigenvalue weighted by molar-refractivity contribution is 7.16. The first-order valence-electron chi connectivity index (χ1n) is 11.2. The number of amides is 2. The lowest BCUT2D eigenvalue weighted by atomic mass is 9.96. The molecule has 2 N–H and O–H groups in total. The molecule has 0 unspecified atom stereocenters. The van der Waals surface area contributed by atoms with Gasteiger partial charge in [0.15, 0.2) is 11.5 Å². The molecule has 0 aliphatic heterocycles. The molecule has 0 bridgehead atoms. The molecular formula is C26H21ClN4O5S. The van der Waals surface area contributed by atoms with E-state index in [9.17, 15) is 19.6 Å². The number of rotatable bonds is 6. The maximum absolute atomic E-state index is 12.4. The molecule has 0 fully saturated rings. The lowest BCUT2D eigenvalue weighted by Crippen LogP contribution is -2.32. The summed E-state index contributed by atoms with van der Waals surface area (Å²) < 4.78 is 10.7. The van der Waals surface area contributed by atoms with Gasteiger partial charge in [0.1, 0.15) is 11.1 Å². The van der Waals surface area contributed by atoms with Gasteiger partial charge in [-0.1, -0.05) is 23.7 Å². The molecule has 0 radical (unpaired) electrons. The quantitative estimate of drug-likeness (QED) is 0.157. The Balaban J connectivity index is 1.38. The number of thiophene rings is 1. The van der Waals surface area contributed by atoms with Crippen LogP contribution in [0.25, 0.3) is 0 Å². The van der Waals surface area contributed by atoms with Crippen LogP contribution >= 0.6 is 22.9 Å². The molecule has 37 heavy (non-hydrogen) atoms. The Morgan fingerprint density at radius 2 is 1.89 bits per heavy atom. The average molecular weight is 537 g/mol. The number of hydrogen-bond donors (Lipinski definition) is 2. The van der Waals surface area contributed by atoms with Crippen LogP contribution in [-0.4, -0.2) is 31.1 Å². The van der Waals surface area contributed by atoms with E-state index >= 15 is 0 Å². The molecule has 9 nitrogen and oxygen atoms in total. The van der Waals surface area contributed by atoms with Gasteiger partial charge in [-0.3, -0.25) is 9.59 Å². The number of hydrogen-bond acceptors (Lipinski definition) is 8. The first kappa shape index (κ1) is 25.9. The second-order valence-electron chi connectivity index (χ2n) is 7.96. The number of carbonyl (C=O) groups is 3. The van der Waals surface area contributed by atoms with Crippen LogP contribution in [0.5, 0.6) is 11.5 Å². The van der Waals surface area contributed by atoms with Crippen molar-refractivity contribution in [2.24, 2.45) is 5.10 Å². The minimum Gasteiger partial charge on any atom is -0.493 e. The van der Waals surface area contributed by atoms with Gasteiger partial charge in [-0.15, -0.1) is 11.3 Å². The molecule has 0 atom stereocenters. The molecule has 3 aromatic rings. The Morgan fingerprint density at radius 1 is 1.11 bits per heavy atom. The zero-order valence-corrected chi connectivity index (χ0v) is 21.2. The fraction of sp³-hybridized carbons (Fsp3) is 0.192. The van der Waals surface area contributed by atoms with Gasteiger partial charge < -0.3 is 14.8 Å². The van der Waals surface area contributed by atoms with Crippen molar-refractivity contribution in [3.8, 4) is 17.6 Å². The Hall–Kier alpha value is -4.20. The molecule has 1 heterocycles. The molecule has 0 saturated heterocycles. The number of halogens is 1. The zero-order chi connectivity index (χ0) is 26.4. The van der Waals surface area contributed by atoms with Crippen LogP contribution in [0, 0.1) is 11.3 Å². The molecule has 0 spiro atoms. The fourth-order valence-electron chi connectivity index (χ4n) is 3.78. The van der Waals surface area contributed by atoms with Gasteiger partial charge in [-0.25, -0.2) is 10.2 Å². The van der Waals surface area contributed by atoms with Crippen LogP contribution in [0.4, 0.5) is 5.00 Å². The third-order valence-electron chi connectivity index (χ3n) is 5.58. The molecular weight excluding hydrogens is 516 g/mol. The van der Waals surface area contributed by atoms with Crippen molar-refractivity contribution in [1.82, 2.24) is 5.43 Å². The summed E-state index contributed by atoms with van der Waals surface area (Å²) in [4.78, 5) is 38.1. The van der Waals surface area contributed by atoms with E-state index in [1.54, 1.807) is 36.4 Å². The van der Waals surface area contributed by atoms with Gasteiger partial charge in [-0.05, 0) is 67.1 Å². The van der Waals surface area contributed by atoms with Gasteiger partial charge in [-0.2, -0.15) is 10.4 Å². The molecule has 2 aromatic carbocycles. The number of nitrogens with zero attached hydrogens (tertiary/aromatic N) is 2. The Morgan fingerprint density at radius 3 is 2.65 bits per heavy atom. The first-order chi connectivity index (χ1) is 17.9. The highest BCUT2D eigenvalue weighted by Gasteiger charge is 2.23. The number of fused-ring (bicyclic) bond motifs is 1. The minimum absolute atomic E-state index is 0.167. The molecule has 1 aliphatic rings. The maximum atomic E-state index is 12.4. The van der Waals surface area contributed by atoms with Crippen molar-refractivity contribution in [1.29, 1.82) is 5.26 Å². The molecule has 11 heteroatoms. The SMILES string of the molecule is COc1cc(/C=N/NC(=O)C(=O)Nc2sc3c(c2C#N)CCCC3)ccc1OC(=O)c1ccccc1Cl. The number of esters is 1. The van der Waals surface area contributed by atoms with E-state index in [1.807, 2.05) is 0 Å². The third kappa shape index (κ3) is 5.97. The maximum Gasteiger partial charge on any atom is 0.345 e. The number of benzene rings is 2. The lowest BCUT2D eigenvalue weighted by Gasteiger charge is -2.10. The highest BCUT2D eigenvalue weighted by Crippen LogP contribution is 2.37. The number of ether oxygens (including phenoxy) is 2. The smallest absolute Gasteiger partial charge is 0.345 e. The summed E-state index contributed by atoms with van der Waals surface area (Å²) >= 11 is 7.38. The normalized spacial score (nSPS) is 12.4. The topological polar surface area (TPSA) is 130 Å². The fourth-order valence-corrected chi connectivity index (χ4v) is 5.23. The van der Waals surface area contributed by atoms with E-state index in [-0.39, 0.29) is 22.1 Å². The number of methoxy groups -OCH3 is 1. The average Bonchev–Trinajstić information content (AvgIpc) is 3.26. The summed E-state index contributed by atoms with van der Waals surface area (Å²) in [7, 11) is 1.41. The zero-order valence-electron chi connectivity index (χ0n) is 19.7. The van der Waals surface area contributed by atoms with E-state index in [0.29, 0.717) is 16.1 Å². The molecule has 0 saturated carbocycles. The number of nitrogens with one attached hydrogen (secondary N) is 2. The second kappa shape index (κ2) is 11.7. The number of anilines is 1. The number of carbonyl (C=O) groups excluding carboxylic acids is 3. The summed E-state index contributed by atoms with van der Waals surface area (Å²) in [5, 5.41) is 16.5. The summed E-state index contributed by atoms with van der Waals surface area (Å²) in [5.41, 5.74) is 4.26. The van der Waals surface area contributed by atoms with Crippen molar-refractivity contribution in [3.05, 3.63) is 74.6 Å². The predicted octanol–water partition coefficient (Wildman–Crippen LogP) is 4.47. The van der Waals surface area contributed by atoms with Gasteiger partial charge in [0.25, 0.3) is 0 Å². The summed E-state index contributed by atoms with van der Waals surface area (Å²) in [6, 6.07) is 13.3. The third-order valence-corrected chi connectivity index (χ3v) is 7.12. The van der Waals surface area contributed by atoms with Crippen molar-refractivity contribution >= 4 is 51.9 Å². The van der Waals surface area contributed by atoms with Crippen molar-refractivity contribution in [3.63, 3.8) is 0 Å². The Kier molecular flexibility index (Phi) is 8.18. The van der Waals surface area contributed by atoms with E-state index in [0.717, 1.165) is 36.1 Å². The van der Waals surface area contributed by atoms with Crippen LogP contribution in [0.3, 0.4) is 0 Å². The van der Waals surface area contributed by atoms with Crippen LogP contribution in [-0.2, 0) is 22.4 Å². The molecule has 2 amide bonds. The van der Waals surface area contributed by atoms with Crippen LogP contribution in [0.2, 0.25) is 5.02 Å². The van der Waals surface area contributed by atoms with Crippen molar-refractivity contribution in [2.45, 2.75) is 25.7 Å². The van der Waals surface area contributed by atoms with Crippen molar-refractivity contribution in [2.75, 3.05) is 12.4 Å². The Bertz CT molecular complexity index is 1440. The van der Waals surface area contributed by atoms with Crippen LogP contribution in [0.1, 0.15) is 44.8 Å². The van der Waals surface area contributed by atoms with E-state index in [1.165, 1.54) is 30.7 Å². The Labute approximate surface area is 221 Å². The summed E-state index contributed by atoms with van der Waals surface area (Å²) in [6.45, 7) is 0. The van der Waals surface area contributed by atoms with E-state index in [4.69, 9.17) is 21.1 Å². The highest BCUT2D eigenvalue weighted by atomic mass is 35.5. The summed E-state index contributed by atoms with van der Waals surface area (Å²) in [6.07, 6.45) is 5.00. The minimum atomic E-state index is -0.983. The monoisotopic (exact) mass is 536 g/mol. The van der Waals surface area contributed by atoms with Crippen LogP contribution < -0.4 is 20.2 Å². The number of hydrazone groups is 1. The molecule has 1 aliphatic carbocycles.